The average molecular weight is 538 g/mol. The first-order valence-electron chi connectivity index (χ1n) is 13.6. The molecule has 8 heteroatoms. The molecule has 1 saturated heterocycles. The lowest BCUT2D eigenvalue weighted by Gasteiger charge is -2.18. The molecule has 0 bridgehead atoms. The number of nitrogens with one attached hydrogen (secondary N) is 2. The van der Waals surface area contributed by atoms with E-state index in [9.17, 15) is 19.2 Å². The summed E-state index contributed by atoms with van der Waals surface area (Å²) in [5.41, 5.74) is 2.53. The van der Waals surface area contributed by atoms with E-state index in [0.29, 0.717) is 30.7 Å². The number of hydrogen-bond donors (Lipinski definition) is 2. The Bertz CT molecular complexity index is 1500. The van der Waals surface area contributed by atoms with Gasteiger partial charge in [0.15, 0.2) is 5.78 Å². The number of benzene rings is 3. The monoisotopic (exact) mass is 537 g/mol. The molecule has 2 aliphatic rings. The minimum Gasteiger partial charge on any atom is -0.344 e. The number of rotatable bonds is 8. The van der Waals surface area contributed by atoms with Crippen LogP contribution >= 0.6 is 0 Å². The van der Waals surface area contributed by atoms with Gasteiger partial charge in [-0.25, -0.2) is 5.06 Å². The molecule has 0 spiro atoms. The summed E-state index contributed by atoms with van der Waals surface area (Å²) in [5.74, 6) is 2.72. The lowest BCUT2D eigenvalue weighted by atomic mass is 9.85. The molecule has 0 unspecified atom stereocenters. The Morgan fingerprint density at radius 3 is 2.45 bits per heavy atom. The second-order valence-corrected chi connectivity index (χ2v) is 10.1. The van der Waals surface area contributed by atoms with E-state index < -0.39 is 17.7 Å². The van der Waals surface area contributed by atoms with E-state index in [2.05, 4.69) is 58.9 Å². The molecule has 1 aliphatic carbocycles. The zero-order valence-corrected chi connectivity index (χ0v) is 22.2. The molecule has 0 atom stereocenters. The zero-order valence-electron chi connectivity index (χ0n) is 22.2. The Balaban J connectivity index is 1.14. The quantitative estimate of drug-likeness (QED) is 0.260. The smallest absolute Gasteiger partial charge is 0.322 e. The summed E-state index contributed by atoms with van der Waals surface area (Å²) < 4.78 is 0. The summed E-state index contributed by atoms with van der Waals surface area (Å²) in [4.78, 5) is 54.7. The molecule has 1 heterocycles. The van der Waals surface area contributed by atoms with Crippen molar-refractivity contribution < 1.29 is 24.0 Å². The SMILES string of the molecule is O=C(NCC#CC(=O)N1CCCO1)C(=O)NCc1ccccc1C(=O)CCC1(c2cccc3ccccc23)CC1. The number of nitrogens with zero attached hydrogens (tertiary/aromatic N) is 1. The molecule has 2 N–H and O–H groups in total. The van der Waals surface area contributed by atoms with Gasteiger partial charge >= 0.3 is 17.7 Å². The Labute approximate surface area is 233 Å². The number of hydroxylamine groups is 2. The maximum absolute atomic E-state index is 13.3. The molecule has 204 valence electrons. The van der Waals surface area contributed by atoms with Gasteiger partial charge in [-0.15, -0.1) is 0 Å². The molecule has 1 aliphatic heterocycles. The first-order chi connectivity index (χ1) is 19.5. The zero-order chi connectivity index (χ0) is 28.0. The number of fused-ring (bicyclic) bond motifs is 1. The van der Waals surface area contributed by atoms with Gasteiger partial charge in [-0.1, -0.05) is 72.7 Å². The fourth-order valence-corrected chi connectivity index (χ4v) is 5.18. The summed E-state index contributed by atoms with van der Waals surface area (Å²) in [6.45, 7) is 0.848. The number of amides is 3. The van der Waals surface area contributed by atoms with Crippen molar-refractivity contribution >= 4 is 34.3 Å². The van der Waals surface area contributed by atoms with Gasteiger partial charge in [-0.05, 0) is 58.9 Å². The highest BCUT2D eigenvalue weighted by Crippen LogP contribution is 2.53. The minimum absolute atomic E-state index is 0.0164. The van der Waals surface area contributed by atoms with E-state index in [1.54, 1.807) is 24.3 Å². The Kier molecular flexibility index (Phi) is 8.23. The molecule has 1 saturated carbocycles. The Hall–Kier alpha value is -4.48. The summed E-state index contributed by atoms with van der Waals surface area (Å²) in [6, 6.07) is 21.9. The van der Waals surface area contributed by atoms with Crippen molar-refractivity contribution in [2.24, 2.45) is 0 Å². The van der Waals surface area contributed by atoms with E-state index >= 15 is 0 Å². The third kappa shape index (κ3) is 6.22. The standard InChI is InChI=1S/C32H31N3O5/c36-28(15-16-32(17-18-32)27-13-5-10-23-8-1-3-11-25(23)27)26-12-4-2-9-24(26)22-34-31(39)30(38)33-19-6-14-29(37)35-20-7-21-40-35/h1-5,8-13H,7,15-22H2,(H,33,38)(H,34,39). The topological polar surface area (TPSA) is 105 Å². The van der Waals surface area contributed by atoms with Crippen molar-refractivity contribution in [3.05, 3.63) is 83.4 Å². The fourth-order valence-electron chi connectivity index (χ4n) is 5.18. The second-order valence-electron chi connectivity index (χ2n) is 10.1. The van der Waals surface area contributed by atoms with Crippen LogP contribution in [0, 0.1) is 11.8 Å². The van der Waals surface area contributed by atoms with Crippen LogP contribution in [0.15, 0.2) is 66.7 Å². The third-order valence-corrected chi connectivity index (χ3v) is 7.52. The number of carbonyl (C=O) groups excluding carboxylic acids is 4. The molecular formula is C32H31N3O5. The predicted molar refractivity (Wildman–Crippen MR) is 150 cm³/mol. The first kappa shape index (κ1) is 27.1. The van der Waals surface area contributed by atoms with Crippen LogP contribution in [-0.2, 0) is 31.2 Å². The lowest BCUT2D eigenvalue weighted by Crippen LogP contribution is -2.40. The van der Waals surface area contributed by atoms with Gasteiger partial charge in [-0.3, -0.25) is 24.0 Å². The molecule has 0 radical (unpaired) electrons. The van der Waals surface area contributed by atoms with Crippen LogP contribution in [0.1, 0.15) is 53.6 Å². The Morgan fingerprint density at radius 1 is 0.900 bits per heavy atom. The van der Waals surface area contributed by atoms with Crippen molar-refractivity contribution in [2.45, 2.75) is 44.1 Å². The number of ketones is 1. The van der Waals surface area contributed by atoms with Crippen molar-refractivity contribution in [1.29, 1.82) is 0 Å². The molecule has 3 aromatic carbocycles. The van der Waals surface area contributed by atoms with Gasteiger partial charge in [0.05, 0.1) is 19.7 Å². The highest BCUT2D eigenvalue weighted by molar-refractivity contribution is 6.35. The van der Waals surface area contributed by atoms with Gasteiger partial charge in [-0.2, -0.15) is 0 Å². The molecule has 5 rings (SSSR count). The summed E-state index contributed by atoms with van der Waals surface area (Å²) >= 11 is 0. The van der Waals surface area contributed by atoms with E-state index in [4.69, 9.17) is 4.84 Å². The lowest BCUT2D eigenvalue weighted by molar-refractivity contribution is -0.161. The molecule has 3 aromatic rings. The van der Waals surface area contributed by atoms with Gasteiger partial charge in [0.2, 0.25) is 0 Å². The van der Waals surface area contributed by atoms with Gasteiger partial charge in [0, 0.05) is 18.5 Å². The molecule has 8 nitrogen and oxygen atoms in total. The molecule has 40 heavy (non-hydrogen) atoms. The number of carbonyl (C=O) groups is 4. The van der Waals surface area contributed by atoms with Crippen molar-refractivity contribution in [3.8, 4) is 11.8 Å². The Morgan fingerprint density at radius 2 is 1.65 bits per heavy atom. The van der Waals surface area contributed by atoms with Crippen LogP contribution < -0.4 is 10.6 Å². The second kappa shape index (κ2) is 12.1. The molecular weight excluding hydrogens is 506 g/mol. The van der Waals surface area contributed by atoms with Crippen LogP contribution in [0.25, 0.3) is 10.8 Å². The van der Waals surface area contributed by atoms with Crippen LogP contribution in [0.5, 0.6) is 0 Å². The largest absolute Gasteiger partial charge is 0.344 e. The van der Waals surface area contributed by atoms with Gasteiger partial charge < -0.3 is 10.6 Å². The van der Waals surface area contributed by atoms with E-state index in [0.717, 1.165) is 25.7 Å². The third-order valence-electron chi connectivity index (χ3n) is 7.52. The van der Waals surface area contributed by atoms with Crippen molar-refractivity contribution in [2.75, 3.05) is 19.7 Å². The summed E-state index contributed by atoms with van der Waals surface area (Å²) in [7, 11) is 0. The van der Waals surface area contributed by atoms with E-state index in [1.165, 1.54) is 21.4 Å². The minimum atomic E-state index is -0.867. The first-order valence-corrected chi connectivity index (χ1v) is 13.6. The van der Waals surface area contributed by atoms with E-state index in [1.807, 2.05) is 6.07 Å². The predicted octanol–water partition coefficient (Wildman–Crippen LogP) is 3.43. The number of Topliss-reactive ketones (excluding diaryl/α,β-unsaturated/α-hetero) is 1. The summed E-state index contributed by atoms with van der Waals surface area (Å²) in [6.07, 6.45) is 4.03. The molecule has 2 fully saturated rings. The highest BCUT2D eigenvalue weighted by Gasteiger charge is 2.44. The fraction of sp³-hybridized carbons (Fsp3) is 0.312. The average Bonchev–Trinajstić information content (AvgIpc) is 3.57. The van der Waals surface area contributed by atoms with Gasteiger partial charge in [0.25, 0.3) is 0 Å². The molecule has 3 amide bonds. The molecule has 0 aromatic heterocycles. The van der Waals surface area contributed by atoms with Gasteiger partial charge in [0.1, 0.15) is 0 Å². The maximum Gasteiger partial charge on any atom is 0.322 e. The van der Waals surface area contributed by atoms with Crippen molar-refractivity contribution in [1.82, 2.24) is 15.7 Å². The normalized spacial score (nSPS) is 15.2. The van der Waals surface area contributed by atoms with Crippen LogP contribution in [0.3, 0.4) is 0 Å². The van der Waals surface area contributed by atoms with Crippen LogP contribution in [-0.4, -0.2) is 48.3 Å². The van der Waals surface area contributed by atoms with Crippen LogP contribution in [0.4, 0.5) is 0 Å². The highest BCUT2D eigenvalue weighted by atomic mass is 16.7. The van der Waals surface area contributed by atoms with Crippen molar-refractivity contribution in [3.63, 3.8) is 0 Å². The number of hydrogen-bond acceptors (Lipinski definition) is 5. The summed E-state index contributed by atoms with van der Waals surface area (Å²) in [5, 5.41) is 8.57. The van der Waals surface area contributed by atoms with Crippen LogP contribution in [0.2, 0.25) is 0 Å². The van der Waals surface area contributed by atoms with E-state index in [-0.39, 0.29) is 24.3 Å². The maximum atomic E-state index is 13.3.